The summed E-state index contributed by atoms with van der Waals surface area (Å²) < 4.78 is 41.9. The number of amides is 1. The van der Waals surface area contributed by atoms with E-state index in [2.05, 4.69) is 4.40 Å². The van der Waals surface area contributed by atoms with Gasteiger partial charge in [0.05, 0.1) is 24.7 Å². The average molecular weight is 448 g/mol. The molecular weight excluding hydrogens is 426 g/mol. The van der Waals surface area contributed by atoms with Crippen LogP contribution in [-0.4, -0.2) is 50.1 Å². The number of thiazole rings is 1. The number of morpholine rings is 1. The van der Waals surface area contributed by atoms with Crippen molar-refractivity contribution in [2.45, 2.75) is 18.4 Å². The Kier molecular flexibility index (Phi) is 5.89. The molecule has 0 unspecified atom stereocenters. The maximum Gasteiger partial charge on any atom is 0.289 e. The molecule has 1 amide bonds. The van der Waals surface area contributed by atoms with Crippen molar-refractivity contribution in [3.8, 4) is 0 Å². The number of hydrogen-bond acceptors (Lipinski definition) is 6. The van der Waals surface area contributed by atoms with E-state index in [0.717, 1.165) is 5.56 Å². The van der Waals surface area contributed by atoms with E-state index in [4.69, 9.17) is 9.15 Å². The summed E-state index contributed by atoms with van der Waals surface area (Å²) in [4.78, 5) is 14.7. The summed E-state index contributed by atoms with van der Waals surface area (Å²) in [5.41, 5.74) is 0.973. The number of aromatic nitrogens is 1. The topological polar surface area (TPSA) is 94.1 Å². The van der Waals surface area contributed by atoms with Gasteiger partial charge in [0.15, 0.2) is 5.76 Å². The highest BCUT2D eigenvalue weighted by molar-refractivity contribution is 7.90. The number of nitrogens with zero attached hydrogens (tertiary/aromatic N) is 3. The number of rotatable bonds is 5. The minimum absolute atomic E-state index is 0.143. The van der Waals surface area contributed by atoms with Crippen molar-refractivity contribution in [3.63, 3.8) is 0 Å². The molecule has 8 nitrogen and oxygen atoms in total. The van der Waals surface area contributed by atoms with E-state index in [1.807, 2.05) is 6.92 Å². The van der Waals surface area contributed by atoms with Gasteiger partial charge < -0.3 is 18.6 Å². The first-order chi connectivity index (χ1) is 14.4. The second-order valence-corrected chi connectivity index (χ2v) is 9.34. The van der Waals surface area contributed by atoms with Crippen LogP contribution in [0.5, 0.6) is 0 Å². The fourth-order valence-corrected chi connectivity index (χ4v) is 4.98. The fraction of sp³-hybridized carbons (Fsp3) is 0.300. The van der Waals surface area contributed by atoms with Crippen LogP contribution in [0.15, 0.2) is 61.7 Å². The molecule has 4 rings (SSSR count). The molecule has 1 fully saturated rings. The Bertz CT molecular complexity index is 1200. The van der Waals surface area contributed by atoms with Crippen molar-refractivity contribution in [3.05, 3.63) is 69.9 Å². The molecule has 2 aromatic heterocycles. The van der Waals surface area contributed by atoms with Crippen LogP contribution in [-0.2, 0) is 21.3 Å². The van der Waals surface area contributed by atoms with Gasteiger partial charge in [0.2, 0.25) is 4.80 Å². The lowest BCUT2D eigenvalue weighted by atomic mass is 10.2. The number of sulfonamides is 1. The Morgan fingerprint density at radius 1 is 1.13 bits per heavy atom. The summed E-state index contributed by atoms with van der Waals surface area (Å²) in [7, 11) is -3.83. The highest BCUT2D eigenvalue weighted by Gasteiger charge is 2.21. The molecule has 10 heteroatoms. The van der Waals surface area contributed by atoms with Gasteiger partial charge in [0.25, 0.3) is 15.9 Å². The number of hydrogen-bond donors (Lipinski definition) is 0. The number of furan rings is 1. The molecule has 0 radical (unpaired) electrons. The molecule has 158 valence electrons. The molecule has 0 N–H and O–H groups in total. The average Bonchev–Trinajstić information content (AvgIpc) is 3.38. The van der Waals surface area contributed by atoms with Crippen LogP contribution in [0.1, 0.15) is 21.9 Å². The van der Waals surface area contributed by atoms with E-state index in [-0.39, 0.29) is 23.1 Å². The molecule has 0 atom stereocenters. The molecule has 3 heterocycles. The van der Waals surface area contributed by atoms with E-state index >= 15 is 0 Å². The zero-order valence-electron chi connectivity index (χ0n) is 16.4. The monoisotopic (exact) mass is 447 g/mol. The number of carbonyl (C=O) groups is 1. The molecule has 1 saturated heterocycles. The first kappa shape index (κ1) is 20.6. The van der Waals surface area contributed by atoms with Crippen molar-refractivity contribution in [2.75, 3.05) is 26.3 Å². The van der Waals surface area contributed by atoms with E-state index in [1.54, 1.807) is 57.4 Å². The zero-order chi connectivity index (χ0) is 21.1. The summed E-state index contributed by atoms with van der Waals surface area (Å²) in [6.07, 6.45) is 1.74. The van der Waals surface area contributed by atoms with Crippen LogP contribution in [0.2, 0.25) is 0 Å². The number of benzene rings is 1. The minimum Gasteiger partial charge on any atom is -0.454 e. The summed E-state index contributed by atoms with van der Waals surface area (Å²) in [6, 6.07) is 9.92. The lowest BCUT2D eigenvalue weighted by molar-refractivity contribution is 0.0281. The van der Waals surface area contributed by atoms with Gasteiger partial charge >= 0.3 is 0 Å². The molecule has 3 aromatic rings. The third kappa shape index (κ3) is 4.55. The van der Waals surface area contributed by atoms with Crippen molar-refractivity contribution < 1.29 is 22.4 Å². The van der Waals surface area contributed by atoms with Gasteiger partial charge in [-0.1, -0.05) is 17.7 Å². The second-order valence-electron chi connectivity index (χ2n) is 6.86. The Balaban J connectivity index is 1.54. The van der Waals surface area contributed by atoms with Crippen LogP contribution in [0.25, 0.3) is 0 Å². The van der Waals surface area contributed by atoms with Crippen LogP contribution < -0.4 is 4.80 Å². The molecule has 0 spiro atoms. The Labute approximate surface area is 178 Å². The van der Waals surface area contributed by atoms with E-state index in [0.29, 0.717) is 36.9 Å². The number of carbonyl (C=O) groups excluding carboxylic acids is 1. The SMILES string of the molecule is Cc1ccc(S(=O)(=O)/N=c2\sccn2Cc2ccc(C(=O)N3CCOCC3)o2)cc1. The van der Waals surface area contributed by atoms with Gasteiger partial charge in [0.1, 0.15) is 5.76 Å². The predicted octanol–water partition coefficient (Wildman–Crippen LogP) is 2.26. The maximum absolute atomic E-state index is 12.6. The van der Waals surface area contributed by atoms with Crippen LogP contribution >= 0.6 is 11.3 Å². The van der Waals surface area contributed by atoms with Gasteiger partial charge in [-0.3, -0.25) is 4.79 Å². The first-order valence-electron chi connectivity index (χ1n) is 9.40. The summed E-state index contributed by atoms with van der Waals surface area (Å²) >= 11 is 1.22. The highest BCUT2D eigenvalue weighted by atomic mass is 32.2. The second kappa shape index (κ2) is 8.58. The molecule has 30 heavy (non-hydrogen) atoms. The number of aryl methyl sites for hydroxylation is 1. The lowest BCUT2D eigenvalue weighted by Crippen LogP contribution is -2.40. The molecule has 0 saturated carbocycles. The molecule has 1 aliphatic rings. The third-order valence-corrected chi connectivity index (χ3v) is 6.87. The lowest BCUT2D eigenvalue weighted by Gasteiger charge is -2.25. The highest BCUT2D eigenvalue weighted by Crippen LogP contribution is 2.15. The van der Waals surface area contributed by atoms with Gasteiger partial charge in [-0.25, -0.2) is 0 Å². The van der Waals surface area contributed by atoms with Crippen molar-refractivity contribution in [2.24, 2.45) is 4.40 Å². The molecule has 1 aliphatic heterocycles. The van der Waals surface area contributed by atoms with E-state index in [1.165, 1.54) is 11.3 Å². The van der Waals surface area contributed by atoms with Crippen LogP contribution in [0.4, 0.5) is 0 Å². The van der Waals surface area contributed by atoms with Crippen molar-refractivity contribution >= 4 is 27.3 Å². The maximum atomic E-state index is 12.6. The van der Waals surface area contributed by atoms with Crippen molar-refractivity contribution in [1.82, 2.24) is 9.47 Å². The quantitative estimate of drug-likeness (QED) is 0.598. The summed E-state index contributed by atoms with van der Waals surface area (Å²) in [5, 5.41) is 1.76. The van der Waals surface area contributed by atoms with Crippen molar-refractivity contribution in [1.29, 1.82) is 0 Å². The fourth-order valence-electron chi connectivity index (χ4n) is 3.02. The van der Waals surface area contributed by atoms with Crippen LogP contribution in [0, 0.1) is 6.92 Å². The minimum atomic E-state index is -3.83. The summed E-state index contributed by atoms with van der Waals surface area (Å²) in [5.74, 6) is 0.624. The van der Waals surface area contributed by atoms with E-state index < -0.39 is 10.0 Å². The smallest absolute Gasteiger partial charge is 0.289 e. The van der Waals surface area contributed by atoms with Gasteiger partial charge in [-0.2, -0.15) is 8.42 Å². The third-order valence-electron chi connectivity index (χ3n) is 4.67. The van der Waals surface area contributed by atoms with Gasteiger partial charge in [0, 0.05) is 24.7 Å². The largest absolute Gasteiger partial charge is 0.454 e. The zero-order valence-corrected chi connectivity index (χ0v) is 18.0. The predicted molar refractivity (Wildman–Crippen MR) is 111 cm³/mol. The summed E-state index contributed by atoms with van der Waals surface area (Å²) in [6.45, 7) is 4.27. The van der Waals surface area contributed by atoms with E-state index in [9.17, 15) is 13.2 Å². The first-order valence-corrected chi connectivity index (χ1v) is 11.7. The van der Waals surface area contributed by atoms with Crippen LogP contribution in [0.3, 0.4) is 0 Å². The molecule has 0 aliphatic carbocycles. The Hall–Kier alpha value is -2.69. The Morgan fingerprint density at radius 2 is 1.87 bits per heavy atom. The Morgan fingerprint density at radius 3 is 2.60 bits per heavy atom. The molecule has 0 bridgehead atoms. The molecular formula is C20H21N3O5S2. The molecule has 1 aromatic carbocycles. The standard InChI is InChI=1S/C20H21N3O5S2/c1-15-2-5-17(6-3-15)30(25,26)21-20-23(10-13-29-20)14-16-4-7-18(28-16)19(24)22-8-11-27-12-9-22/h2-7,10,13H,8-9,11-12,14H2,1H3/b21-20-. The number of ether oxygens (including phenoxy) is 1. The normalized spacial score (nSPS) is 15.5. The van der Waals surface area contributed by atoms with Gasteiger partial charge in [-0.05, 0) is 31.2 Å². The van der Waals surface area contributed by atoms with Gasteiger partial charge in [-0.15, -0.1) is 15.7 Å².